The highest BCUT2D eigenvalue weighted by Crippen LogP contribution is 2.20. The normalized spacial score (nSPS) is 11.1. The average molecular weight is 379 g/mol. The van der Waals surface area contributed by atoms with Crippen molar-refractivity contribution in [1.29, 1.82) is 5.41 Å². The quantitative estimate of drug-likeness (QED) is 0.358. The van der Waals surface area contributed by atoms with Gasteiger partial charge in [-0.15, -0.1) is 0 Å². The summed E-state index contributed by atoms with van der Waals surface area (Å²) in [6, 6.07) is 17.5. The number of amides is 1. The van der Waals surface area contributed by atoms with Gasteiger partial charge in [-0.05, 0) is 12.1 Å². The number of rotatable bonds is 5. The number of nitrogens with one attached hydrogen (secondary N) is 2. The second-order valence-electron chi connectivity index (χ2n) is 5.41. The molecule has 27 heavy (non-hydrogen) atoms. The largest absolute Gasteiger partial charge is 0.383 e. The lowest BCUT2D eigenvalue weighted by molar-refractivity contribution is 0.102. The molecule has 0 unspecified atom stereocenters. The third-order valence-corrected chi connectivity index (χ3v) is 3.81. The van der Waals surface area contributed by atoms with Crippen molar-refractivity contribution in [2.75, 3.05) is 5.32 Å². The maximum absolute atomic E-state index is 12.7. The van der Waals surface area contributed by atoms with Gasteiger partial charge >= 0.3 is 0 Å². The third kappa shape index (κ3) is 4.34. The molecule has 0 atom stereocenters. The Morgan fingerprint density at radius 3 is 2.56 bits per heavy atom. The second-order valence-corrected chi connectivity index (χ2v) is 5.80. The molecule has 0 aliphatic rings. The number of benzene rings is 2. The first kappa shape index (κ1) is 18.2. The third-order valence-electron chi connectivity index (χ3n) is 3.61. The highest BCUT2D eigenvalue weighted by atomic mass is 35.5. The van der Waals surface area contributed by atoms with Gasteiger partial charge in [-0.1, -0.05) is 54.1 Å². The summed E-state index contributed by atoms with van der Waals surface area (Å²) in [4.78, 5) is 24.9. The van der Waals surface area contributed by atoms with Crippen LogP contribution in [0.4, 0.5) is 5.69 Å². The Kier molecular flexibility index (Phi) is 5.53. The minimum absolute atomic E-state index is 0.117. The predicted molar refractivity (Wildman–Crippen MR) is 106 cm³/mol. The first-order chi connectivity index (χ1) is 13.1. The number of carbonyl (C=O) groups is 1. The van der Waals surface area contributed by atoms with Gasteiger partial charge in [0.25, 0.3) is 5.91 Å². The average Bonchev–Trinajstić information content (AvgIpc) is 2.68. The molecule has 0 bridgehead atoms. The van der Waals surface area contributed by atoms with E-state index in [-0.39, 0.29) is 16.7 Å². The number of anilines is 1. The molecule has 4 N–H and O–H groups in total. The van der Waals surface area contributed by atoms with Crippen LogP contribution in [0.2, 0.25) is 5.15 Å². The van der Waals surface area contributed by atoms with Crippen molar-refractivity contribution in [3.05, 3.63) is 77.1 Å². The number of amidine groups is 1. The molecular formula is C19H15ClN6O. The molecule has 1 amide bonds. The molecule has 7 nitrogen and oxygen atoms in total. The van der Waals surface area contributed by atoms with Crippen LogP contribution in [0.25, 0.3) is 11.4 Å². The zero-order valence-corrected chi connectivity index (χ0v) is 14.8. The van der Waals surface area contributed by atoms with Crippen LogP contribution in [0.15, 0.2) is 65.7 Å². The molecule has 0 radical (unpaired) electrons. The summed E-state index contributed by atoms with van der Waals surface area (Å²) < 4.78 is 0. The van der Waals surface area contributed by atoms with Gasteiger partial charge in [0.1, 0.15) is 23.0 Å². The molecule has 0 fully saturated rings. The molecule has 2 aromatic carbocycles. The van der Waals surface area contributed by atoms with E-state index in [1.807, 2.05) is 30.3 Å². The Morgan fingerprint density at radius 1 is 1.11 bits per heavy atom. The lowest BCUT2D eigenvalue weighted by Gasteiger charge is -2.11. The summed E-state index contributed by atoms with van der Waals surface area (Å²) in [5, 5.41) is 9.95. The van der Waals surface area contributed by atoms with Crippen molar-refractivity contribution < 1.29 is 4.79 Å². The molecule has 8 heteroatoms. The van der Waals surface area contributed by atoms with Gasteiger partial charge in [0.15, 0.2) is 5.82 Å². The van der Waals surface area contributed by atoms with Crippen molar-refractivity contribution in [2.24, 2.45) is 10.7 Å². The van der Waals surface area contributed by atoms with Gasteiger partial charge in [0.2, 0.25) is 0 Å². The molecule has 3 aromatic rings. The van der Waals surface area contributed by atoms with Gasteiger partial charge in [0.05, 0.1) is 5.69 Å². The maximum Gasteiger partial charge on any atom is 0.274 e. The fourth-order valence-electron chi connectivity index (χ4n) is 2.39. The molecule has 0 spiro atoms. The van der Waals surface area contributed by atoms with Crippen LogP contribution < -0.4 is 11.1 Å². The summed E-state index contributed by atoms with van der Waals surface area (Å²) in [7, 11) is 0. The lowest BCUT2D eigenvalue weighted by atomic mass is 10.1. The van der Waals surface area contributed by atoms with Gasteiger partial charge in [-0.3, -0.25) is 10.2 Å². The van der Waals surface area contributed by atoms with Crippen LogP contribution in [-0.2, 0) is 0 Å². The molecular weight excluding hydrogens is 364 g/mol. The van der Waals surface area contributed by atoms with E-state index in [1.165, 1.54) is 6.07 Å². The number of carbonyl (C=O) groups excluding carboxylic acids is 1. The van der Waals surface area contributed by atoms with Crippen LogP contribution >= 0.6 is 11.6 Å². The number of hydrogen-bond donors (Lipinski definition) is 3. The van der Waals surface area contributed by atoms with E-state index >= 15 is 0 Å². The van der Waals surface area contributed by atoms with E-state index in [9.17, 15) is 4.79 Å². The van der Waals surface area contributed by atoms with Crippen LogP contribution in [0.5, 0.6) is 0 Å². The van der Waals surface area contributed by atoms with E-state index in [2.05, 4.69) is 20.3 Å². The first-order valence-electron chi connectivity index (χ1n) is 7.91. The number of aliphatic imine (C=N–C) groups is 1. The van der Waals surface area contributed by atoms with Crippen molar-refractivity contribution in [2.45, 2.75) is 0 Å². The summed E-state index contributed by atoms with van der Waals surface area (Å²) in [5.74, 6) is 0.00426. The van der Waals surface area contributed by atoms with Crippen molar-refractivity contribution in [1.82, 2.24) is 9.97 Å². The molecule has 1 heterocycles. The highest BCUT2D eigenvalue weighted by molar-refractivity contribution is 6.30. The first-order valence-corrected chi connectivity index (χ1v) is 8.29. The minimum atomic E-state index is -0.466. The molecule has 0 saturated carbocycles. The van der Waals surface area contributed by atoms with Crippen molar-refractivity contribution in [3.8, 4) is 11.4 Å². The Balaban J connectivity index is 1.93. The topological polar surface area (TPSA) is 117 Å². The fraction of sp³-hybridized carbons (Fsp3) is 0. The summed E-state index contributed by atoms with van der Waals surface area (Å²) in [6.45, 7) is 0. The zero-order valence-electron chi connectivity index (χ0n) is 14.1. The summed E-state index contributed by atoms with van der Waals surface area (Å²) in [5.41, 5.74) is 7.65. The van der Waals surface area contributed by atoms with Crippen LogP contribution in [-0.4, -0.2) is 28.0 Å². The fourth-order valence-corrected chi connectivity index (χ4v) is 2.57. The summed E-state index contributed by atoms with van der Waals surface area (Å²) >= 11 is 6.07. The van der Waals surface area contributed by atoms with Gasteiger partial charge in [-0.2, -0.15) is 0 Å². The van der Waals surface area contributed by atoms with Crippen LogP contribution in [0, 0.1) is 5.41 Å². The Hall–Kier alpha value is -3.58. The van der Waals surface area contributed by atoms with Crippen molar-refractivity contribution in [3.63, 3.8) is 0 Å². The number of halogens is 1. The Morgan fingerprint density at radius 2 is 1.81 bits per heavy atom. The van der Waals surface area contributed by atoms with Gasteiger partial charge in [0, 0.05) is 17.2 Å². The Bertz CT molecular complexity index is 1020. The number of nitrogens with zero attached hydrogens (tertiary/aromatic N) is 3. The number of aromatic nitrogens is 2. The zero-order chi connectivity index (χ0) is 19.2. The molecule has 1 aromatic heterocycles. The smallest absolute Gasteiger partial charge is 0.274 e. The van der Waals surface area contributed by atoms with E-state index < -0.39 is 5.91 Å². The van der Waals surface area contributed by atoms with E-state index in [0.717, 1.165) is 11.9 Å². The molecule has 134 valence electrons. The Labute approximate surface area is 160 Å². The molecule has 0 saturated heterocycles. The second kappa shape index (κ2) is 8.20. The maximum atomic E-state index is 12.7. The molecule has 0 aliphatic heterocycles. The van der Waals surface area contributed by atoms with E-state index in [0.29, 0.717) is 17.1 Å². The minimum Gasteiger partial charge on any atom is -0.383 e. The lowest BCUT2D eigenvalue weighted by Crippen LogP contribution is -2.20. The number of nitrogens with two attached hydrogens (primary N) is 1. The van der Waals surface area contributed by atoms with E-state index in [4.69, 9.17) is 22.7 Å². The predicted octanol–water partition coefficient (Wildman–Crippen LogP) is 3.36. The van der Waals surface area contributed by atoms with Gasteiger partial charge < -0.3 is 11.1 Å². The van der Waals surface area contributed by atoms with Crippen LogP contribution in [0.1, 0.15) is 16.1 Å². The standard InChI is InChI=1S/C19H15ClN6O/c20-16-10-15(24-18(26-16)12-6-2-1-3-7-12)19(27)25-14-9-5-4-8-13(14)17(22)23-11-21/h1-11H,(H,25,27)(H3,21,22,23). The van der Waals surface area contributed by atoms with Crippen LogP contribution in [0.3, 0.4) is 0 Å². The van der Waals surface area contributed by atoms with Crippen molar-refractivity contribution >= 4 is 35.4 Å². The van der Waals surface area contributed by atoms with E-state index in [1.54, 1.807) is 24.3 Å². The SMILES string of the molecule is N=CN=C(N)c1ccccc1NC(=O)c1cc(Cl)nc(-c2ccccc2)n1. The summed E-state index contributed by atoms with van der Waals surface area (Å²) in [6.07, 6.45) is 0.838. The monoisotopic (exact) mass is 378 g/mol. The molecule has 0 aliphatic carbocycles. The molecule has 3 rings (SSSR count). The highest BCUT2D eigenvalue weighted by Gasteiger charge is 2.15. The number of hydrogen-bond acceptors (Lipinski definition) is 4. The van der Waals surface area contributed by atoms with Gasteiger partial charge in [-0.25, -0.2) is 15.0 Å². The number of para-hydroxylation sites is 1.